The topological polar surface area (TPSA) is 291 Å². The lowest BCUT2D eigenvalue weighted by Gasteiger charge is -2.38. The van der Waals surface area contributed by atoms with Crippen molar-refractivity contribution in [1.82, 2.24) is 102 Å². The molecule has 31 nitrogen and oxygen atoms in total. The summed E-state index contributed by atoms with van der Waals surface area (Å²) in [5.41, 5.74) is 19.4. The molecule has 0 saturated carbocycles. The number of hydrogen-bond donors (Lipinski definition) is 2. The molecule has 0 unspecified atom stereocenters. The highest BCUT2D eigenvalue weighted by Crippen LogP contribution is 2.35. The fourth-order valence-electron chi connectivity index (χ4n) is 19.5. The van der Waals surface area contributed by atoms with Crippen LogP contribution in [-0.2, 0) is 0 Å². The molecule has 0 radical (unpaired) electrons. The van der Waals surface area contributed by atoms with Crippen LogP contribution in [0.4, 0.5) is 28.4 Å². The Hall–Kier alpha value is -13.8. The van der Waals surface area contributed by atoms with Crippen LogP contribution >= 0.6 is 45.3 Å². The second kappa shape index (κ2) is 39.3. The summed E-state index contributed by atoms with van der Waals surface area (Å²) in [4.78, 5) is 129. The van der Waals surface area contributed by atoms with Gasteiger partial charge in [0.05, 0.1) is 118 Å². The molecule has 6 aliphatic rings. The van der Waals surface area contributed by atoms with Crippen LogP contribution in [0.15, 0.2) is 231 Å². The van der Waals surface area contributed by atoms with Gasteiger partial charge in [-0.25, -0.2) is 49.8 Å². The highest BCUT2D eigenvalue weighted by molar-refractivity contribution is 7.19. The van der Waals surface area contributed by atoms with E-state index in [1.807, 2.05) is 157 Å². The van der Waals surface area contributed by atoms with Crippen molar-refractivity contribution in [1.29, 1.82) is 0 Å². The van der Waals surface area contributed by atoms with E-state index < -0.39 is 0 Å². The molecule has 2 N–H and O–H groups in total. The monoisotopic (exact) mass is 1930 g/mol. The zero-order chi connectivity index (χ0) is 95.4. The third-order valence-electron chi connectivity index (χ3n) is 26.7. The van der Waals surface area contributed by atoms with Gasteiger partial charge in [0.1, 0.15) is 40.4 Å². The third kappa shape index (κ3) is 20.1. The van der Waals surface area contributed by atoms with Crippen LogP contribution in [0.5, 0.6) is 0 Å². The molecule has 139 heavy (non-hydrogen) atoms. The Kier molecular flexibility index (Phi) is 25.9. The van der Waals surface area contributed by atoms with Crippen molar-refractivity contribution in [2.75, 3.05) is 156 Å². The van der Waals surface area contributed by atoms with Crippen LogP contribution in [0.3, 0.4) is 0 Å². The molecule has 708 valence electrons. The minimum absolute atomic E-state index is 0.0501. The van der Waals surface area contributed by atoms with Crippen LogP contribution in [-0.4, -0.2) is 241 Å². The number of rotatable bonds is 10. The maximum absolute atomic E-state index is 12.9. The molecule has 6 fully saturated rings. The van der Waals surface area contributed by atoms with Gasteiger partial charge in [0, 0.05) is 213 Å². The van der Waals surface area contributed by atoms with E-state index >= 15 is 0 Å². The molecule has 0 spiro atoms. The lowest BCUT2D eigenvalue weighted by molar-refractivity contribution is 0.231. The summed E-state index contributed by atoms with van der Waals surface area (Å²) in [7, 11) is 4.29. The van der Waals surface area contributed by atoms with Crippen LogP contribution in [0, 0.1) is 34.6 Å². The van der Waals surface area contributed by atoms with Crippen molar-refractivity contribution >= 4 is 143 Å². The second-order valence-electron chi connectivity index (χ2n) is 36.9. The number of nitrogens with zero attached hydrogens (tertiary/aromatic N) is 24. The standard InChI is InChI=1S/C23H23N5OS.2C22H23N5OS.C21H21N5OS.C16H18N6O/c1-15-24-20-11-16(4-6-21(20)30-15)19-12-23(29)28-14-18(5-7-22(28)25-19)27-10-9-26-8-2-3-17(26)13-27;1-13-10-26(11-14(2)23-13)17-5-7-21-25-18(9-22(28)27(21)12-17)16-4-6-20-19(8-16)24-15(3)29-20;1-15-23-19-12-16(4-6-20(19)29-15)18-13-22(28)27-14-17(5-7-21(27)24-18)26-9-3-8-25(2)10-11-26;1-14-22-18-11-15(3-5-19(18)28-14)17-12-21(27)26-13-16(4-6-20(26)23-17)25-9-7-24(2)8-10-25;1-12-9-21(11-18-12)15-8-16(23)22-10-13(2-3-14(22)19-15)20-6-4-17-5-7-20/h4-7,11-12,14,17H,2-3,8-10,13H2,1H3;4-9,12-14,23H,10-11H2,1-3H3;4-7,12-14H,3,8-11H2,1-2H3;3-6,11-13H,7-10H2,1-2H3;2-3,8-11,17H,4-7H2,1H3/t17-;13-,14+;;;/m0..../s1. The van der Waals surface area contributed by atoms with Gasteiger partial charge >= 0.3 is 0 Å². The summed E-state index contributed by atoms with van der Waals surface area (Å²) in [6.45, 7) is 32.4. The summed E-state index contributed by atoms with van der Waals surface area (Å²) in [6.07, 6.45) is 16.8. The number of aromatic nitrogens is 16. The van der Waals surface area contributed by atoms with E-state index in [0.29, 0.717) is 75.0 Å². The zero-order valence-electron chi connectivity index (χ0n) is 79.1. The molecule has 0 bridgehead atoms. The van der Waals surface area contributed by atoms with E-state index in [2.05, 4.69) is 156 Å². The van der Waals surface area contributed by atoms with Crippen LogP contribution in [0.1, 0.15) is 58.8 Å². The number of piperazine rings is 4. The smallest absolute Gasteiger partial charge is 0.260 e. The van der Waals surface area contributed by atoms with Crippen molar-refractivity contribution in [3.8, 4) is 50.8 Å². The number of benzene rings is 4. The molecule has 0 amide bonds. The third-order valence-corrected chi connectivity index (χ3v) is 30.5. The maximum atomic E-state index is 12.9. The van der Waals surface area contributed by atoms with E-state index in [1.54, 1.807) is 103 Å². The molecular formula is C104H108N26O5S4. The fraction of sp³-hybridized carbons (Fsp3) is 0.317. The van der Waals surface area contributed by atoms with Gasteiger partial charge in [-0.15, -0.1) is 45.3 Å². The van der Waals surface area contributed by atoms with Crippen molar-refractivity contribution in [3.05, 3.63) is 285 Å². The summed E-state index contributed by atoms with van der Waals surface area (Å²) >= 11 is 6.69. The summed E-state index contributed by atoms with van der Waals surface area (Å²) < 4.78 is 14.6. The van der Waals surface area contributed by atoms with E-state index in [1.165, 1.54) is 25.5 Å². The van der Waals surface area contributed by atoms with Crippen LogP contribution < -0.4 is 62.9 Å². The predicted molar refractivity (Wildman–Crippen MR) is 563 cm³/mol. The number of thiazole rings is 4. The normalized spacial score (nSPS) is 17.4. The van der Waals surface area contributed by atoms with Gasteiger partial charge in [0.25, 0.3) is 27.8 Å². The van der Waals surface area contributed by atoms with Gasteiger partial charge in [0.2, 0.25) is 0 Å². The largest absolute Gasteiger partial charge is 0.369 e. The van der Waals surface area contributed by atoms with Gasteiger partial charge in [-0.3, -0.25) is 55.4 Å². The Morgan fingerprint density at radius 2 is 0.676 bits per heavy atom. The van der Waals surface area contributed by atoms with Crippen molar-refractivity contribution < 1.29 is 0 Å². The Balaban J connectivity index is 0.000000104. The zero-order valence-corrected chi connectivity index (χ0v) is 82.4. The number of nitrogens with one attached hydrogen (secondary N) is 2. The number of pyridine rings is 5. The number of anilines is 5. The fourth-order valence-corrected chi connectivity index (χ4v) is 22.7. The lowest BCUT2D eigenvalue weighted by Crippen LogP contribution is -2.54. The summed E-state index contributed by atoms with van der Waals surface area (Å²) in [5.74, 6) is 0.588. The van der Waals surface area contributed by atoms with E-state index in [9.17, 15) is 24.0 Å². The van der Waals surface area contributed by atoms with Crippen molar-refractivity contribution in [2.24, 2.45) is 0 Å². The number of likely N-dealkylation sites (N-methyl/N-ethyl adjacent to an activating group) is 2. The molecule has 4 aromatic carbocycles. The quantitative estimate of drug-likeness (QED) is 0.129. The highest BCUT2D eigenvalue weighted by atomic mass is 32.1. The Morgan fingerprint density at radius 3 is 1.07 bits per heavy atom. The van der Waals surface area contributed by atoms with Gasteiger partial charge in [-0.1, -0.05) is 24.3 Å². The van der Waals surface area contributed by atoms with Gasteiger partial charge in [-0.05, 0) is 204 Å². The average molecular weight is 1930 g/mol. The van der Waals surface area contributed by atoms with E-state index in [0.717, 1.165) is 235 Å². The van der Waals surface area contributed by atoms with Gasteiger partial charge in [-0.2, -0.15) is 0 Å². The SMILES string of the molecule is Cc1cn(-c2cc(=O)n3cc(N4CCNCC4)ccc3n2)cn1.Cc1nc2cc(-c3cc(=O)n4cc(N5CCCN(C)CC5)ccc4n3)ccc2s1.Cc1nc2cc(-c3cc(=O)n4cc(N5CCN(C)CC5)ccc4n3)ccc2s1.Cc1nc2cc(-c3cc(=O)n4cc(N5CCN6CCC[C@H]6C5)ccc4n3)ccc2s1.Cc1nc2cc(-c3cc(=O)n4cc(N5C[C@@H](C)N[C@@H](C)C5)ccc4n3)ccc2s1. The maximum Gasteiger partial charge on any atom is 0.260 e. The molecule has 21 heterocycles. The van der Waals surface area contributed by atoms with Gasteiger partial charge in [0.15, 0.2) is 0 Å². The first kappa shape index (κ1) is 91.7. The predicted octanol–water partition coefficient (Wildman–Crippen LogP) is 14.1. The Bertz CT molecular complexity index is 8190. The molecule has 0 aliphatic carbocycles. The summed E-state index contributed by atoms with van der Waals surface area (Å²) in [6, 6.07) is 53.8. The molecule has 35 heteroatoms. The first-order valence-corrected chi connectivity index (χ1v) is 50.7. The first-order chi connectivity index (χ1) is 67.4. The molecule has 6 aliphatic heterocycles. The molecule has 6 saturated heterocycles. The Morgan fingerprint density at radius 1 is 0.324 bits per heavy atom. The minimum atomic E-state index is -0.0895. The average Bonchev–Trinajstić information content (AvgIpc) is 1.53. The van der Waals surface area contributed by atoms with Crippen molar-refractivity contribution in [2.45, 2.75) is 85.9 Å². The Labute approximate surface area is 817 Å². The highest BCUT2D eigenvalue weighted by Gasteiger charge is 2.32. The van der Waals surface area contributed by atoms with Crippen LogP contribution in [0.25, 0.3) is 120 Å². The number of hydrogen-bond acceptors (Lipinski definition) is 29. The van der Waals surface area contributed by atoms with E-state index in [4.69, 9.17) is 19.9 Å². The van der Waals surface area contributed by atoms with Gasteiger partial charge < -0.3 is 44.9 Å². The molecule has 3 atom stereocenters. The molecule has 15 aromatic heterocycles. The number of imidazole rings is 1. The molecule has 25 rings (SSSR count). The summed E-state index contributed by atoms with van der Waals surface area (Å²) in [5, 5.41) is 11.0. The second-order valence-corrected chi connectivity index (χ2v) is 41.8. The van der Waals surface area contributed by atoms with Crippen molar-refractivity contribution in [3.63, 3.8) is 0 Å². The minimum Gasteiger partial charge on any atom is -0.369 e. The van der Waals surface area contributed by atoms with Crippen LogP contribution in [0.2, 0.25) is 0 Å². The number of fused-ring (bicyclic) bond motifs is 10. The molecule has 19 aromatic rings. The number of aryl methyl sites for hydroxylation is 5. The first-order valence-electron chi connectivity index (χ1n) is 47.5. The lowest BCUT2D eigenvalue weighted by atomic mass is 10.1. The van der Waals surface area contributed by atoms with E-state index in [-0.39, 0.29) is 27.8 Å². The molecular weight excluding hydrogens is 1820 g/mol.